The van der Waals surface area contributed by atoms with Crippen molar-refractivity contribution in [2.45, 2.75) is 18.9 Å². The first-order valence-corrected chi connectivity index (χ1v) is 4.41. The zero-order valence-corrected chi connectivity index (χ0v) is 8.99. The molecule has 5 heteroatoms. The van der Waals surface area contributed by atoms with Crippen LogP contribution in [-0.2, 0) is 0 Å². The van der Waals surface area contributed by atoms with E-state index in [4.69, 9.17) is 0 Å². The maximum Gasteiger partial charge on any atom is 0.317 e. The highest BCUT2D eigenvalue weighted by atomic mass is 35.5. The van der Waals surface area contributed by atoms with Gasteiger partial charge in [0.05, 0.1) is 0 Å². The molecule has 1 aliphatic heterocycles. The first kappa shape index (κ1) is 12.5. The Kier molecular flexibility index (Phi) is 5.82. The van der Waals surface area contributed by atoms with Gasteiger partial charge < -0.3 is 15.5 Å². The highest BCUT2D eigenvalue weighted by Crippen LogP contribution is 2.07. The average Bonchev–Trinajstić information content (AvgIpc) is 2.17. The second-order valence-corrected chi connectivity index (χ2v) is 3.17. The van der Waals surface area contributed by atoms with Crippen LogP contribution in [-0.4, -0.2) is 44.2 Å². The van der Waals surface area contributed by atoms with Crippen LogP contribution in [0.5, 0.6) is 0 Å². The van der Waals surface area contributed by atoms with Crippen LogP contribution < -0.4 is 10.6 Å². The molecule has 13 heavy (non-hydrogen) atoms. The number of likely N-dealkylation sites (N-methyl/N-ethyl adjacent to an activating group) is 1. The van der Waals surface area contributed by atoms with Gasteiger partial charge in [-0.15, -0.1) is 12.4 Å². The van der Waals surface area contributed by atoms with Gasteiger partial charge in [-0.3, -0.25) is 0 Å². The Hall–Kier alpha value is -0.480. The molecule has 1 fully saturated rings. The van der Waals surface area contributed by atoms with E-state index in [1.54, 1.807) is 11.9 Å². The molecule has 78 valence electrons. The van der Waals surface area contributed by atoms with Crippen molar-refractivity contribution in [3.63, 3.8) is 0 Å². The minimum Gasteiger partial charge on any atom is -0.341 e. The summed E-state index contributed by atoms with van der Waals surface area (Å²) in [4.78, 5) is 13.0. The van der Waals surface area contributed by atoms with Crippen molar-refractivity contribution in [2.24, 2.45) is 0 Å². The molecule has 0 bridgehead atoms. The largest absolute Gasteiger partial charge is 0.341 e. The Labute approximate surface area is 85.5 Å². The van der Waals surface area contributed by atoms with Gasteiger partial charge in [0.15, 0.2) is 0 Å². The molecule has 0 spiro atoms. The molecule has 4 nitrogen and oxygen atoms in total. The SMILES string of the molecule is CNC(=O)N(C)[C@H]1CCCNC1.Cl. The van der Waals surface area contributed by atoms with Crippen molar-refractivity contribution in [3.05, 3.63) is 0 Å². The van der Waals surface area contributed by atoms with E-state index in [2.05, 4.69) is 10.6 Å². The predicted octanol–water partition coefficient (Wildman–Crippen LogP) is 0.431. The smallest absolute Gasteiger partial charge is 0.317 e. The maximum absolute atomic E-state index is 11.2. The van der Waals surface area contributed by atoms with E-state index in [0.29, 0.717) is 6.04 Å². The minimum atomic E-state index is 0. The molecule has 2 N–H and O–H groups in total. The Morgan fingerprint density at radius 3 is 2.77 bits per heavy atom. The van der Waals surface area contributed by atoms with Gasteiger partial charge in [-0.1, -0.05) is 0 Å². The van der Waals surface area contributed by atoms with Crippen molar-refractivity contribution in [3.8, 4) is 0 Å². The van der Waals surface area contributed by atoms with E-state index >= 15 is 0 Å². The zero-order chi connectivity index (χ0) is 8.97. The Balaban J connectivity index is 0.00000144. The molecule has 1 aliphatic rings. The van der Waals surface area contributed by atoms with Gasteiger partial charge in [0.1, 0.15) is 0 Å². The molecule has 2 amide bonds. The van der Waals surface area contributed by atoms with Crippen molar-refractivity contribution in [1.82, 2.24) is 15.5 Å². The molecule has 0 aromatic carbocycles. The maximum atomic E-state index is 11.2. The van der Waals surface area contributed by atoms with Gasteiger partial charge in [-0.2, -0.15) is 0 Å². The van der Waals surface area contributed by atoms with Crippen LogP contribution in [0.3, 0.4) is 0 Å². The Morgan fingerprint density at radius 2 is 2.31 bits per heavy atom. The average molecular weight is 208 g/mol. The fourth-order valence-electron chi connectivity index (χ4n) is 1.51. The van der Waals surface area contributed by atoms with E-state index in [-0.39, 0.29) is 18.4 Å². The first-order chi connectivity index (χ1) is 5.75. The number of hydrogen-bond acceptors (Lipinski definition) is 2. The van der Waals surface area contributed by atoms with Crippen molar-refractivity contribution in [2.75, 3.05) is 27.2 Å². The number of nitrogens with zero attached hydrogens (tertiary/aromatic N) is 1. The third-order valence-corrected chi connectivity index (χ3v) is 2.35. The van der Waals surface area contributed by atoms with Gasteiger partial charge in [-0.25, -0.2) is 4.79 Å². The van der Waals surface area contributed by atoms with Gasteiger partial charge in [0.2, 0.25) is 0 Å². The summed E-state index contributed by atoms with van der Waals surface area (Å²) in [7, 11) is 3.51. The van der Waals surface area contributed by atoms with Gasteiger partial charge in [0, 0.05) is 26.7 Å². The molecule has 1 heterocycles. The lowest BCUT2D eigenvalue weighted by molar-refractivity contribution is 0.180. The number of halogens is 1. The van der Waals surface area contributed by atoms with Crippen LogP contribution >= 0.6 is 12.4 Å². The molecule has 0 radical (unpaired) electrons. The molecule has 0 unspecified atom stereocenters. The van der Waals surface area contributed by atoms with Crippen molar-refractivity contribution < 1.29 is 4.79 Å². The highest BCUT2D eigenvalue weighted by Gasteiger charge is 2.20. The number of carbonyl (C=O) groups excluding carboxylic acids is 1. The monoisotopic (exact) mass is 207 g/mol. The topological polar surface area (TPSA) is 44.4 Å². The summed E-state index contributed by atoms with van der Waals surface area (Å²) in [5, 5.41) is 5.89. The number of piperidine rings is 1. The molecular formula is C8H18ClN3O. The lowest BCUT2D eigenvalue weighted by atomic mass is 10.1. The number of urea groups is 1. The number of hydrogen-bond donors (Lipinski definition) is 2. The summed E-state index contributed by atoms with van der Waals surface area (Å²) in [6.07, 6.45) is 2.27. The molecule has 0 aromatic rings. The molecule has 0 aromatic heterocycles. The second-order valence-electron chi connectivity index (χ2n) is 3.17. The van der Waals surface area contributed by atoms with E-state index in [1.807, 2.05) is 7.05 Å². The lowest BCUT2D eigenvalue weighted by Crippen LogP contribution is -2.49. The van der Waals surface area contributed by atoms with Crippen LogP contribution in [0.15, 0.2) is 0 Å². The number of carbonyl (C=O) groups is 1. The van der Waals surface area contributed by atoms with Crippen LogP contribution in [0, 0.1) is 0 Å². The molecule has 1 rings (SSSR count). The van der Waals surface area contributed by atoms with E-state index < -0.39 is 0 Å². The molecule has 1 atom stereocenters. The number of rotatable bonds is 1. The standard InChI is InChI=1S/C8H17N3O.ClH/c1-9-8(12)11(2)7-4-3-5-10-6-7;/h7,10H,3-6H2,1-2H3,(H,9,12);1H/t7-;/m0./s1. The van der Waals surface area contributed by atoms with E-state index in [1.165, 1.54) is 0 Å². The van der Waals surface area contributed by atoms with Gasteiger partial charge in [-0.05, 0) is 19.4 Å². The number of nitrogens with one attached hydrogen (secondary N) is 2. The molecular weight excluding hydrogens is 190 g/mol. The summed E-state index contributed by atoms with van der Waals surface area (Å²) < 4.78 is 0. The molecule has 0 saturated carbocycles. The first-order valence-electron chi connectivity index (χ1n) is 4.41. The van der Waals surface area contributed by atoms with Crippen molar-refractivity contribution in [1.29, 1.82) is 0 Å². The summed E-state index contributed by atoms with van der Waals surface area (Å²) in [6, 6.07) is 0.363. The second kappa shape index (κ2) is 6.05. The van der Waals surface area contributed by atoms with Crippen LogP contribution in [0.2, 0.25) is 0 Å². The van der Waals surface area contributed by atoms with Gasteiger partial charge in [0.25, 0.3) is 0 Å². The normalized spacial score (nSPS) is 21.5. The third-order valence-electron chi connectivity index (χ3n) is 2.35. The summed E-state index contributed by atoms with van der Waals surface area (Å²) >= 11 is 0. The van der Waals surface area contributed by atoms with E-state index in [9.17, 15) is 4.79 Å². The van der Waals surface area contributed by atoms with Crippen molar-refractivity contribution >= 4 is 18.4 Å². The Morgan fingerprint density at radius 1 is 1.62 bits per heavy atom. The highest BCUT2D eigenvalue weighted by molar-refractivity contribution is 5.85. The quantitative estimate of drug-likeness (QED) is 0.655. The molecule has 0 aliphatic carbocycles. The molecule has 1 saturated heterocycles. The van der Waals surface area contributed by atoms with Crippen LogP contribution in [0.4, 0.5) is 4.79 Å². The summed E-state index contributed by atoms with van der Waals surface area (Å²) in [5.41, 5.74) is 0. The zero-order valence-electron chi connectivity index (χ0n) is 8.17. The third kappa shape index (κ3) is 3.40. The minimum absolute atomic E-state index is 0. The van der Waals surface area contributed by atoms with E-state index in [0.717, 1.165) is 25.9 Å². The summed E-state index contributed by atoms with van der Waals surface area (Å²) in [6.45, 7) is 2.00. The van der Waals surface area contributed by atoms with Crippen LogP contribution in [0.25, 0.3) is 0 Å². The fourth-order valence-corrected chi connectivity index (χ4v) is 1.51. The Bertz CT molecular complexity index is 159. The van der Waals surface area contributed by atoms with Gasteiger partial charge >= 0.3 is 6.03 Å². The van der Waals surface area contributed by atoms with Crippen LogP contribution in [0.1, 0.15) is 12.8 Å². The summed E-state index contributed by atoms with van der Waals surface area (Å²) in [5.74, 6) is 0. The fraction of sp³-hybridized carbons (Fsp3) is 0.875. The number of amides is 2. The lowest BCUT2D eigenvalue weighted by Gasteiger charge is -2.31. The predicted molar refractivity (Wildman–Crippen MR) is 55.4 cm³/mol.